The molecule has 0 fully saturated rings. The summed E-state index contributed by atoms with van der Waals surface area (Å²) in [6, 6.07) is 31.3. The van der Waals surface area contributed by atoms with Gasteiger partial charge in [0.25, 0.3) is 0 Å². The van der Waals surface area contributed by atoms with Crippen molar-refractivity contribution in [1.29, 1.82) is 0 Å². The zero-order valence-electron chi connectivity index (χ0n) is 48.6. The Morgan fingerprint density at radius 3 is 0.979 bits per heavy atom. The molecule has 0 aliphatic rings. The fourth-order valence-corrected chi connectivity index (χ4v) is 10.7. The summed E-state index contributed by atoms with van der Waals surface area (Å²) in [6.07, 6.45) is 0. The summed E-state index contributed by atoms with van der Waals surface area (Å²) in [4.78, 5) is 15.5. The van der Waals surface area contributed by atoms with E-state index >= 15 is 0 Å². The molecule has 0 amide bonds. The molecule has 1 radical (unpaired) electrons. The van der Waals surface area contributed by atoms with Gasteiger partial charge in [-0.1, -0.05) is 60.7 Å². The van der Waals surface area contributed by atoms with E-state index in [9.17, 15) is 103 Å². The van der Waals surface area contributed by atoms with Gasteiger partial charge in [0.15, 0.2) is 11.5 Å². The van der Waals surface area contributed by atoms with Crippen molar-refractivity contribution >= 4 is 140 Å². The van der Waals surface area contributed by atoms with Crippen LogP contribution in [0.3, 0.4) is 0 Å². The largest absolute Gasteiger partial charge is 3.00 e. The first kappa shape index (κ1) is 82.6. The van der Waals surface area contributed by atoms with Gasteiger partial charge in [0.05, 0.1) is 40.8 Å². The van der Waals surface area contributed by atoms with Crippen LogP contribution in [0.15, 0.2) is 206 Å². The number of nitrogens with zero attached hydrogens (tertiary/aromatic N) is 10. The molecular weight excluding hydrogens is 1410 g/mol. The van der Waals surface area contributed by atoms with Gasteiger partial charge < -0.3 is 48.9 Å². The van der Waals surface area contributed by atoms with Crippen molar-refractivity contribution < 1.29 is 258 Å². The minimum atomic E-state index is -5.38. The Morgan fingerprint density at radius 1 is 0.330 bits per heavy atom. The molecule has 94 heavy (non-hydrogen) atoms. The smallest absolute Gasteiger partial charge is 0.744 e. The zero-order chi connectivity index (χ0) is 63.9. The maximum absolute atomic E-state index is 12.1. The van der Waals surface area contributed by atoms with Gasteiger partial charge in [-0.3, -0.25) is 20.2 Å². The SMILES string of the molecule is O=[N+]([O-])c1cc(S(=O)(=O)[O-])cc(N=Nc2c(S(=O)(=O)[O-])cc3cc(N=Nc4c(O)ccc5ccccc45)ccc3c2O)c1O.O=[N+]([O-])c1cc(S(=O)(=O)[O-])cc(N=Nc2c(S(=O)(=O)[O-])cc3cc(N=Nc4c(O)ccc5ccccc45)ccc3c2O)c1O.[Cr+3].[Na+].[Na+].[Na+].[Na+].[Na+]. The summed E-state index contributed by atoms with van der Waals surface area (Å²) >= 11 is 0. The van der Waals surface area contributed by atoms with Gasteiger partial charge >= 0.3 is 177 Å². The van der Waals surface area contributed by atoms with E-state index < -0.39 is 127 Å². The molecule has 42 heteroatoms. The molecule has 10 rings (SSSR count). The van der Waals surface area contributed by atoms with Gasteiger partial charge in [0.1, 0.15) is 86.1 Å². The number of hydrogen-bond donors (Lipinski definition) is 6. The summed E-state index contributed by atoms with van der Waals surface area (Å²) in [5, 5.41) is 118. The van der Waals surface area contributed by atoms with Crippen molar-refractivity contribution in [3.05, 3.63) is 166 Å². The third kappa shape index (κ3) is 18.5. The van der Waals surface area contributed by atoms with Gasteiger partial charge in [-0.05, 0) is 94.3 Å². The zero-order valence-corrected chi connectivity index (χ0v) is 63.1. The fraction of sp³-hybridized carbons (Fsp3) is 0. The molecule has 0 unspecified atom stereocenters. The van der Waals surface area contributed by atoms with Crippen LogP contribution in [0.4, 0.5) is 56.9 Å². The van der Waals surface area contributed by atoms with Gasteiger partial charge in [0.2, 0.25) is 11.5 Å². The monoisotopic (exact) mass is 1440 g/mol. The van der Waals surface area contributed by atoms with Crippen molar-refractivity contribution in [2.24, 2.45) is 40.9 Å². The number of phenols is 6. The van der Waals surface area contributed by atoms with E-state index in [0.29, 0.717) is 22.9 Å². The Morgan fingerprint density at radius 2 is 0.660 bits per heavy atom. The molecule has 0 aliphatic carbocycles. The normalized spacial score (nSPS) is 11.7. The molecule has 10 aromatic carbocycles. The Bertz CT molecular complexity index is 4970. The molecule has 0 saturated heterocycles. The number of phenolic OH excluding ortho intramolecular Hbond substituents is 6. The Hall–Kier alpha value is -5.59. The van der Waals surface area contributed by atoms with Crippen LogP contribution in [0.2, 0.25) is 0 Å². The van der Waals surface area contributed by atoms with Crippen LogP contribution >= 0.6 is 0 Å². The predicted molar refractivity (Wildman–Crippen MR) is 301 cm³/mol. The maximum atomic E-state index is 12.1. The summed E-state index contributed by atoms with van der Waals surface area (Å²) in [5.74, 6) is -4.56. The van der Waals surface area contributed by atoms with E-state index in [2.05, 4.69) is 40.9 Å². The van der Waals surface area contributed by atoms with E-state index in [4.69, 9.17) is 0 Å². The van der Waals surface area contributed by atoms with Gasteiger partial charge in [0, 0.05) is 33.7 Å². The minimum absolute atomic E-state index is 0. The van der Waals surface area contributed by atoms with Crippen molar-refractivity contribution in [2.45, 2.75) is 19.6 Å². The van der Waals surface area contributed by atoms with Crippen LogP contribution in [0.25, 0.3) is 43.1 Å². The Balaban J connectivity index is 0.000000461. The van der Waals surface area contributed by atoms with Crippen molar-refractivity contribution in [3.63, 3.8) is 0 Å². The van der Waals surface area contributed by atoms with Crippen LogP contribution < -0.4 is 148 Å². The maximum Gasteiger partial charge on any atom is 3.00 e. The molecule has 0 atom stereocenters. The number of fused-ring (bicyclic) bond motifs is 4. The summed E-state index contributed by atoms with van der Waals surface area (Å²) < 4.78 is 141. The number of benzene rings is 10. The Labute approximate surface area is 650 Å². The molecule has 6 N–H and O–H groups in total. The topological polar surface area (TPSA) is 535 Å². The van der Waals surface area contributed by atoms with E-state index in [1.54, 1.807) is 60.7 Å². The Kier molecular flexibility index (Phi) is 29.1. The number of aromatic hydroxyl groups is 6. The number of nitro groups is 2. The molecule has 32 nitrogen and oxygen atoms in total. The summed E-state index contributed by atoms with van der Waals surface area (Å²) in [6.45, 7) is 0. The van der Waals surface area contributed by atoms with Crippen molar-refractivity contribution in [3.8, 4) is 34.5 Å². The van der Waals surface area contributed by atoms with E-state index in [-0.39, 0.29) is 233 Å². The second kappa shape index (κ2) is 33.1. The van der Waals surface area contributed by atoms with Crippen LogP contribution in [0.5, 0.6) is 34.5 Å². The van der Waals surface area contributed by atoms with Crippen molar-refractivity contribution in [1.82, 2.24) is 0 Å². The van der Waals surface area contributed by atoms with Crippen molar-refractivity contribution in [2.75, 3.05) is 0 Å². The minimum Gasteiger partial charge on any atom is -0.744 e. The van der Waals surface area contributed by atoms with Gasteiger partial charge in [-0.25, -0.2) is 33.7 Å². The molecule has 0 spiro atoms. The molecule has 451 valence electrons. The van der Waals surface area contributed by atoms with Gasteiger partial charge in [-0.2, -0.15) is 10.2 Å². The molecule has 0 aromatic heterocycles. The third-order valence-electron chi connectivity index (χ3n) is 12.5. The van der Waals surface area contributed by atoms with Crippen LogP contribution in [-0.2, 0) is 57.8 Å². The first-order valence-electron chi connectivity index (χ1n) is 23.8. The number of rotatable bonds is 14. The molecule has 0 saturated carbocycles. The summed E-state index contributed by atoms with van der Waals surface area (Å²) in [7, 11) is -21.3. The average Bonchev–Trinajstić information content (AvgIpc) is 0.781. The van der Waals surface area contributed by atoms with Crippen LogP contribution in [0, 0.1) is 20.2 Å². The first-order chi connectivity index (χ1) is 41.3. The predicted octanol–water partition coefficient (Wildman–Crippen LogP) is -3.67. The molecule has 0 heterocycles. The second-order valence-corrected chi connectivity index (χ2v) is 23.5. The standard InChI is InChI=1S/2C26H17N5O11S2.Cr.5Na/c2*32-21-8-5-13-3-1-2-4-17(13)23(21)29-27-15-6-7-18-14(9-15)10-22(44(40,41)42)24(25(18)33)30-28-19-11-16(43(37,38)39)12-20(26(19)34)31(35)36;;;;;;/h2*1-12,32-34H,(H,37,38,39)(H,40,41,42);;;;;;/q;;+3;5*+1/p-4. The average molecular weight is 1440 g/mol. The second-order valence-electron chi connectivity index (χ2n) is 18.0. The van der Waals surface area contributed by atoms with E-state index in [1.807, 2.05) is 0 Å². The summed E-state index contributed by atoms with van der Waals surface area (Å²) in [5.41, 5.74) is -5.68. The molecular formula is C52H30CrN10Na5O22S4+4. The van der Waals surface area contributed by atoms with E-state index in [1.165, 1.54) is 48.5 Å². The van der Waals surface area contributed by atoms with Crippen LogP contribution in [-0.4, -0.2) is 92.4 Å². The number of hydrogen-bond acceptors (Lipinski definition) is 30. The fourth-order valence-electron chi connectivity index (χ4n) is 8.38. The quantitative estimate of drug-likeness (QED) is 0.0201. The number of azo groups is 4. The van der Waals surface area contributed by atoms with Gasteiger partial charge in [-0.15, -0.1) is 30.7 Å². The third-order valence-corrected chi connectivity index (χ3v) is 15.8. The van der Waals surface area contributed by atoms with Crippen LogP contribution in [0.1, 0.15) is 0 Å². The first-order valence-corrected chi connectivity index (χ1v) is 29.5. The molecule has 10 aromatic rings. The number of nitro benzene ring substituents is 2. The van der Waals surface area contributed by atoms with E-state index in [0.717, 1.165) is 22.9 Å². The molecule has 0 bridgehead atoms. The molecule has 0 aliphatic heterocycles.